The Morgan fingerprint density at radius 3 is 1.62 bits per heavy atom. The van der Waals surface area contributed by atoms with Gasteiger partial charge in [0.15, 0.2) is 0 Å². The fourth-order valence-electron chi connectivity index (χ4n) is 1.70. The molecule has 0 saturated carbocycles. The number of aliphatic carboxylic acids is 1. The minimum absolute atomic E-state index is 0.0137. The maximum absolute atomic E-state index is 11.5. The van der Waals surface area contributed by atoms with Gasteiger partial charge in [-0.3, -0.25) is 13.9 Å². The first-order valence-electron chi connectivity index (χ1n) is 5.81. The highest BCUT2D eigenvalue weighted by Gasteiger charge is 2.53. The van der Waals surface area contributed by atoms with E-state index in [-0.39, 0.29) is 19.4 Å². The summed E-state index contributed by atoms with van der Waals surface area (Å²) >= 11 is 0. The summed E-state index contributed by atoms with van der Waals surface area (Å²) in [5.41, 5.74) is -3.66. The topological polar surface area (TPSA) is 112 Å². The van der Waals surface area contributed by atoms with Gasteiger partial charge in [0, 0.05) is 41.4 Å². The maximum atomic E-state index is 11.5. The SMILES string of the molecule is COC(OC)(P=O)N(CCCC(=O)O)C(OC)(OC)P=O. The first-order chi connectivity index (χ1) is 9.91. The number of carbonyl (C=O) groups is 1. The zero-order valence-electron chi connectivity index (χ0n) is 12.3. The van der Waals surface area contributed by atoms with E-state index >= 15 is 0 Å². The number of methoxy groups -OCH3 is 4. The predicted octanol–water partition coefficient (Wildman–Crippen LogP) is 1.54. The van der Waals surface area contributed by atoms with E-state index in [2.05, 4.69) is 0 Å². The molecule has 0 spiro atoms. The molecule has 0 rings (SSSR count). The van der Waals surface area contributed by atoms with Crippen LogP contribution in [0.1, 0.15) is 12.8 Å². The van der Waals surface area contributed by atoms with E-state index in [4.69, 9.17) is 24.1 Å². The van der Waals surface area contributed by atoms with Gasteiger partial charge in [-0.25, -0.2) is 0 Å². The molecule has 0 heterocycles. The number of hydrogen-bond donors (Lipinski definition) is 1. The highest BCUT2D eigenvalue weighted by molar-refractivity contribution is 7.26. The van der Waals surface area contributed by atoms with E-state index in [1.165, 1.54) is 28.4 Å². The summed E-state index contributed by atoms with van der Waals surface area (Å²) < 4.78 is 43.4. The number of carboxylic acids is 1. The third-order valence-corrected chi connectivity index (χ3v) is 4.42. The molecule has 0 aromatic heterocycles. The molecule has 11 heteroatoms. The molecule has 0 saturated heterocycles. The average molecular weight is 343 g/mol. The van der Waals surface area contributed by atoms with E-state index in [0.29, 0.717) is 0 Å². The Balaban J connectivity index is 5.57. The molecular formula is C10H19NO8P2. The number of carboxylic acid groups (broad SMARTS) is 1. The maximum Gasteiger partial charge on any atom is 0.319 e. The fraction of sp³-hybridized carbons (Fsp3) is 0.900. The van der Waals surface area contributed by atoms with E-state index in [9.17, 15) is 13.9 Å². The number of hydrogen-bond acceptors (Lipinski definition) is 8. The molecular weight excluding hydrogens is 324 g/mol. The number of rotatable bonds is 12. The molecule has 1 N–H and O–H groups in total. The standard InChI is InChI=1S/C10H19NO8P2/c1-16-9(17-2,20-14)11(7-5-6-8(12)13)10(18-3,19-4)21-15/h5-7H2,1-4H3,(H,12,13). The minimum Gasteiger partial charge on any atom is -0.481 e. The minimum atomic E-state index is -1.83. The predicted molar refractivity (Wildman–Crippen MR) is 72.3 cm³/mol. The smallest absolute Gasteiger partial charge is 0.319 e. The third kappa shape index (κ3) is 4.72. The molecule has 122 valence electrons. The molecule has 0 aliphatic carbocycles. The van der Waals surface area contributed by atoms with Crippen molar-refractivity contribution in [1.29, 1.82) is 0 Å². The molecule has 0 aromatic carbocycles. The Hall–Kier alpha value is -0.530. The molecule has 9 nitrogen and oxygen atoms in total. The van der Waals surface area contributed by atoms with E-state index in [0.717, 1.165) is 4.90 Å². The molecule has 0 atom stereocenters. The average Bonchev–Trinajstić information content (AvgIpc) is 2.50. The lowest BCUT2D eigenvalue weighted by atomic mass is 10.3. The van der Waals surface area contributed by atoms with Crippen LogP contribution in [0.25, 0.3) is 0 Å². The van der Waals surface area contributed by atoms with Crippen LogP contribution >= 0.6 is 16.9 Å². The van der Waals surface area contributed by atoms with Gasteiger partial charge in [0.2, 0.25) is 16.9 Å². The first-order valence-corrected chi connectivity index (χ1v) is 7.43. The van der Waals surface area contributed by atoms with Gasteiger partial charge in [-0.15, -0.1) is 0 Å². The molecule has 0 radical (unpaired) electrons. The molecule has 21 heavy (non-hydrogen) atoms. The van der Waals surface area contributed by atoms with Crippen molar-refractivity contribution in [2.75, 3.05) is 35.0 Å². The van der Waals surface area contributed by atoms with Crippen molar-refractivity contribution in [3.8, 4) is 0 Å². The second-order valence-corrected chi connectivity index (χ2v) is 5.24. The van der Waals surface area contributed by atoms with Crippen molar-refractivity contribution in [3.05, 3.63) is 0 Å². The van der Waals surface area contributed by atoms with Crippen LogP contribution in [0.4, 0.5) is 0 Å². The van der Waals surface area contributed by atoms with Gasteiger partial charge in [0.25, 0.3) is 0 Å². The van der Waals surface area contributed by atoms with Crippen LogP contribution in [0.3, 0.4) is 0 Å². The van der Waals surface area contributed by atoms with Gasteiger partial charge < -0.3 is 24.1 Å². The second-order valence-electron chi connectivity index (χ2n) is 3.74. The van der Waals surface area contributed by atoms with Gasteiger partial charge in [0.05, 0.1) is 0 Å². The highest BCUT2D eigenvalue weighted by atomic mass is 31.1. The van der Waals surface area contributed by atoms with Crippen LogP contribution < -0.4 is 0 Å². The fourth-order valence-corrected chi connectivity index (χ4v) is 2.74. The molecule has 0 bridgehead atoms. The van der Waals surface area contributed by atoms with Crippen LogP contribution in [0.2, 0.25) is 0 Å². The zero-order chi connectivity index (χ0) is 16.5. The Morgan fingerprint density at radius 2 is 1.38 bits per heavy atom. The lowest BCUT2D eigenvalue weighted by molar-refractivity contribution is -0.338. The van der Waals surface area contributed by atoms with Gasteiger partial charge in [0.1, 0.15) is 0 Å². The Morgan fingerprint density at radius 1 is 1.00 bits per heavy atom. The van der Waals surface area contributed by atoms with E-state index < -0.39 is 34.2 Å². The van der Waals surface area contributed by atoms with Crippen molar-refractivity contribution in [1.82, 2.24) is 4.90 Å². The summed E-state index contributed by atoms with van der Waals surface area (Å²) in [5, 5.41) is 8.70. The monoisotopic (exact) mass is 343 g/mol. The first kappa shape index (κ1) is 20.5. The van der Waals surface area contributed by atoms with Gasteiger partial charge >= 0.3 is 17.3 Å². The van der Waals surface area contributed by atoms with E-state index in [1.807, 2.05) is 0 Å². The van der Waals surface area contributed by atoms with Crippen LogP contribution in [0.15, 0.2) is 0 Å². The van der Waals surface area contributed by atoms with Crippen LogP contribution in [0, 0.1) is 0 Å². The summed E-state index contributed by atoms with van der Waals surface area (Å²) in [6.07, 6.45) is -0.0156. The molecule has 0 fully saturated rings. The Bertz CT molecular complexity index is 335. The summed E-state index contributed by atoms with van der Waals surface area (Å²) in [6, 6.07) is 0. The number of ether oxygens (including phenoxy) is 4. The molecule has 0 aromatic rings. The Labute approximate surface area is 125 Å². The van der Waals surface area contributed by atoms with Crippen molar-refractivity contribution in [3.63, 3.8) is 0 Å². The highest BCUT2D eigenvalue weighted by Crippen LogP contribution is 2.41. The normalized spacial score (nSPS) is 13.2. The summed E-state index contributed by atoms with van der Waals surface area (Å²) in [7, 11) is 3.74. The quantitative estimate of drug-likeness (QED) is 0.416. The lowest BCUT2D eigenvalue weighted by Gasteiger charge is -2.43. The number of nitrogens with zero attached hydrogens (tertiary/aromatic N) is 1. The van der Waals surface area contributed by atoms with Crippen LogP contribution in [0.5, 0.6) is 0 Å². The molecule has 0 amide bonds. The molecule has 0 aliphatic heterocycles. The van der Waals surface area contributed by atoms with Crippen molar-refractivity contribution in [2.45, 2.75) is 24.1 Å². The molecule has 0 aliphatic rings. The largest absolute Gasteiger partial charge is 0.481 e. The van der Waals surface area contributed by atoms with Gasteiger partial charge in [-0.2, -0.15) is 4.90 Å². The van der Waals surface area contributed by atoms with Crippen LogP contribution in [-0.4, -0.2) is 62.3 Å². The summed E-state index contributed by atoms with van der Waals surface area (Å²) in [6.45, 7) is -0.0137. The Kier molecular flexibility index (Phi) is 9.24. The van der Waals surface area contributed by atoms with Gasteiger partial charge in [-0.05, 0) is 6.42 Å². The lowest BCUT2D eigenvalue weighted by Crippen LogP contribution is -2.59. The van der Waals surface area contributed by atoms with E-state index in [1.54, 1.807) is 0 Å². The summed E-state index contributed by atoms with van der Waals surface area (Å²) in [4.78, 5) is 11.8. The molecule has 0 unspecified atom stereocenters. The third-order valence-electron chi connectivity index (χ3n) is 2.75. The summed E-state index contributed by atoms with van der Waals surface area (Å²) in [5.74, 6) is -1.00. The van der Waals surface area contributed by atoms with Crippen molar-refractivity contribution >= 4 is 22.9 Å². The zero-order valence-corrected chi connectivity index (χ0v) is 14.1. The van der Waals surface area contributed by atoms with Crippen molar-refractivity contribution < 1.29 is 38.0 Å². The second kappa shape index (κ2) is 9.48. The van der Waals surface area contributed by atoms with Crippen molar-refractivity contribution in [2.24, 2.45) is 0 Å². The van der Waals surface area contributed by atoms with Gasteiger partial charge in [-0.1, -0.05) is 0 Å². The van der Waals surface area contributed by atoms with Crippen LogP contribution in [-0.2, 0) is 32.9 Å².